The van der Waals surface area contributed by atoms with Crippen molar-refractivity contribution in [3.8, 4) is 5.75 Å². The van der Waals surface area contributed by atoms with E-state index in [0.717, 1.165) is 25.9 Å². The number of ether oxygens (including phenoxy) is 1. The maximum absolute atomic E-state index is 12.7. The first-order valence-electron chi connectivity index (χ1n) is 7.75. The SMILES string of the molecule is CC1(C)Oc2ccc([N+](=O)[O-])nc2N(CC2CCNCC2)C1=O. The van der Waals surface area contributed by atoms with Gasteiger partial charge in [0, 0.05) is 12.6 Å². The third-order valence-corrected chi connectivity index (χ3v) is 4.29. The molecule has 1 aromatic heterocycles. The molecule has 0 aromatic carbocycles. The fraction of sp³-hybridized carbons (Fsp3) is 0.600. The van der Waals surface area contributed by atoms with E-state index in [0.29, 0.717) is 18.2 Å². The maximum Gasteiger partial charge on any atom is 0.366 e. The number of fused-ring (bicyclic) bond motifs is 1. The number of aromatic nitrogens is 1. The Bertz CT molecular complexity index is 640. The number of carbonyl (C=O) groups is 1. The molecule has 23 heavy (non-hydrogen) atoms. The maximum atomic E-state index is 12.7. The predicted octanol–water partition coefficient (Wildman–Crippen LogP) is 1.49. The van der Waals surface area contributed by atoms with Crippen molar-refractivity contribution in [2.45, 2.75) is 32.3 Å². The molecule has 3 rings (SSSR count). The second-order valence-corrected chi connectivity index (χ2v) is 6.47. The van der Waals surface area contributed by atoms with Gasteiger partial charge >= 0.3 is 5.82 Å². The van der Waals surface area contributed by atoms with Crippen LogP contribution in [-0.4, -0.2) is 41.0 Å². The van der Waals surface area contributed by atoms with Crippen molar-refractivity contribution in [2.24, 2.45) is 5.92 Å². The quantitative estimate of drug-likeness (QED) is 0.669. The fourth-order valence-corrected chi connectivity index (χ4v) is 3.03. The van der Waals surface area contributed by atoms with E-state index in [1.54, 1.807) is 18.7 Å². The van der Waals surface area contributed by atoms with Gasteiger partial charge in [-0.3, -0.25) is 9.69 Å². The minimum atomic E-state index is -1.00. The highest BCUT2D eigenvalue weighted by molar-refractivity contribution is 6.01. The molecule has 1 N–H and O–H groups in total. The number of nitro groups is 1. The third-order valence-electron chi connectivity index (χ3n) is 4.29. The van der Waals surface area contributed by atoms with Crippen LogP contribution < -0.4 is 15.0 Å². The van der Waals surface area contributed by atoms with E-state index in [9.17, 15) is 14.9 Å². The smallest absolute Gasteiger partial charge is 0.366 e. The van der Waals surface area contributed by atoms with Crippen LogP contribution in [0.2, 0.25) is 0 Å². The summed E-state index contributed by atoms with van der Waals surface area (Å²) in [5.74, 6) is 0.519. The van der Waals surface area contributed by atoms with Gasteiger partial charge in [0.1, 0.15) is 0 Å². The Hall–Kier alpha value is -2.22. The average molecular weight is 320 g/mol. The number of hydrogen-bond donors (Lipinski definition) is 1. The second kappa shape index (κ2) is 5.77. The van der Waals surface area contributed by atoms with Crippen LogP contribution in [-0.2, 0) is 4.79 Å². The Morgan fingerprint density at radius 2 is 2.13 bits per heavy atom. The summed E-state index contributed by atoms with van der Waals surface area (Å²) in [4.78, 5) is 28.8. The summed E-state index contributed by atoms with van der Waals surface area (Å²) in [6, 6.07) is 2.82. The Balaban J connectivity index is 1.96. The molecule has 1 amide bonds. The van der Waals surface area contributed by atoms with E-state index in [-0.39, 0.29) is 17.5 Å². The summed E-state index contributed by atoms with van der Waals surface area (Å²) >= 11 is 0. The van der Waals surface area contributed by atoms with Crippen LogP contribution in [0.3, 0.4) is 0 Å². The Kier molecular flexibility index (Phi) is 3.93. The first kappa shape index (κ1) is 15.7. The first-order chi connectivity index (χ1) is 10.9. The molecule has 3 heterocycles. The molecular weight excluding hydrogens is 300 g/mol. The number of nitrogens with zero attached hydrogens (tertiary/aromatic N) is 3. The highest BCUT2D eigenvalue weighted by Gasteiger charge is 2.45. The van der Waals surface area contributed by atoms with Crippen molar-refractivity contribution in [1.82, 2.24) is 10.3 Å². The second-order valence-electron chi connectivity index (χ2n) is 6.47. The molecule has 8 heteroatoms. The van der Waals surface area contributed by atoms with Crippen LogP contribution in [0.1, 0.15) is 26.7 Å². The minimum absolute atomic E-state index is 0.212. The molecule has 0 spiro atoms. The van der Waals surface area contributed by atoms with E-state index in [1.807, 2.05) is 0 Å². The van der Waals surface area contributed by atoms with Gasteiger partial charge in [-0.15, -0.1) is 0 Å². The standard InChI is InChI=1S/C15H20N4O4/c1-15(2)14(20)18(9-10-5-7-16-8-6-10)13-11(23-15)3-4-12(17-13)19(21)22/h3-4,10,16H,5-9H2,1-2H3. The van der Waals surface area contributed by atoms with Crippen molar-refractivity contribution in [2.75, 3.05) is 24.5 Å². The average Bonchev–Trinajstić information content (AvgIpc) is 2.52. The molecule has 2 aliphatic heterocycles. The monoisotopic (exact) mass is 320 g/mol. The van der Waals surface area contributed by atoms with Crippen LogP contribution in [0.5, 0.6) is 5.75 Å². The van der Waals surface area contributed by atoms with Crippen molar-refractivity contribution in [1.29, 1.82) is 0 Å². The van der Waals surface area contributed by atoms with Gasteiger partial charge in [-0.05, 0) is 61.7 Å². The number of amides is 1. The molecule has 0 radical (unpaired) electrons. The van der Waals surface area contributed by atoms with Gasteiger partial charge in [0.05, 0.1) is 0 Å². The third kappa shape index (κ3) is 2.98. The zero-order chi connectivity index (χ0) is 16.6. The summed E-state index contributed by atoms with van der Waals surface area (Å²) in [5.41, 5.74) is -1.00. The molecule has 0 saturated carbocycles. The molecule has 0 atom stereocenters. The van der Waals surface area contributed by atoms with Crippen LogP contribution in [0, 0.1) is 16.0 Å². The predicted molar refractivity (Wildman–Crippen MR) is 83.5 cm³/mol. The number of piperidine rings is 1. The zero-order valence-electron chi connectivity index (χ0n) is 13.2. The lowest BCUT2D eigenvalue weighted by atomic mass is 9.96. The molecule has 2 aliphatic rings. The van der Waals surface area contributed by atoms with Gasteiger partial charge in [-0.1, -0.05) is 0 Å². The molecule has 1 fully saturated rings. The van der Waals surface area contributed by atoms with Gasteiger partial charge in [0.15, 0.2) is 11.4 Å². The van der Waals surface area contributed by atoms with Crippen LogP contribution in [0.4, 0.5) is 11.6 Å². The van der Waals surface area contributed by atoms with Crippen molar-refractivity contribution < 1.29 is 14.5 Å². The molecule has 1 aromatic rings. The fourth-order valence-electron chi connectivity index (χ4n) is 3.03. The van der Waals surface area contributed by atoms with Gasteiger partial charge in [-0.25, -0.2) is 0 Å². The first-order valence-corrected chi connectivity index (χ1v) is 7.75. The number of anilines is 1. The Morgan fingerprint density at radius 1 is 1.43 bits per heavy atom. The van der Waals surface area contributed by atoms with E-state index in [1.165, 1.54) is 12.1 Å². The van der Waals surface area contributed by atoms with E-state index >= 15 is 0 Å². The Morgan fingerprint density at radius 3 is 2.78 bits per heavy atom. The van der Waals surface area contributed by atoms with Crippen molar-refractivity contribution >= 4 is 17.5 Å². The number of carbonyl (C=O) groups excluding carboxylic acids is 1. The van der Waals surface area contributed by atoms with Crippen LogP contribution in [0.15, 0.2) is 12.1 Å². The summed E-state index contributed by atoms with van der Waals surface area (Å²) in [5, 5.41) is 14.3. The summed E-state index contributed by atoms with van der Waals surface area (Å²) in [7, 11) is 0. The molecule has 0 unspecified atom stereocenters. The van der Waals surface area contributed by atoms with E-state index in [4.69, 9.17) is 4.74 Å². The largest absolute Gasteiger partial charge is 0.472 e. The topological polar surface area (TPSA) is 97.6 Å². The summed E-state index contributed by atoms with van der Waals surface area (Å²) in [6.45, 7) is 5.75. The van der Waals surface area contributed by atoms with E-state index in [2.05, 4.69) is 10.3 Å². The van der Waals surface area contributed by atoms with Gasteiger partial charge < -0.3 is 20.2 Å². The number of rotatable bonds is 3. The normalized spacial score (nSPS) is 20.8. The minimum Gasteiger partial charge on any atom is -0.472 e. The highest BCUT2D eigenvalue weighted by atomic mass is 16.6. The van der Waals surface area contributed by atoms with E-state index < -0.39 is 10.5 Å². The van der Waals surface area contributed by atoms with Crippen LogP contribution in [0.25, 0.3) is 0 Å². The lowest BCUT2D eigenvalue weighted by Gasteiger charge is -2.38. The lowest BCUT2D eigenvalue weighted by Crippen LogP contribution is -2.54. The van der Waals surface area contributed by atoms with Gasteiger partial charge in [0.25, 0.3) is 11.7 Å². The number of nitrogens with one attached hydrogen (secondary N) is 1. The number of pyridine rings is 1. The molecule has 8 nitrogen and oxygen atoms in total. The van der Waals surface area contributed by atoms with Crippen molar-refractivity contribution in [3.05, 3.63) is 22.2 Å². The molecule has 0 bridgehead atoms. The van der Waals surface area contributed by atoms with Crippen molar-refractivity contribution in [3.63, 3.8) is 0 Å². The summed E-state index contributed by atoms with van der Waals surface area (Å²) < 4.78 is 5.70. The molecule has 1 saturated heterocycles. The van der Waals surface area contributed by atoms with Gasteiger partial charge in [0.2, 0.25) is 0 Å². The summed E-state index contributed by atoms with van der Waals surface area (Å²) in [6.07, 6.45) is 1.94. The molecule has 124 valence electrons. The zero-order valence-corrected chi connectivity index (χ0v) is 13.2. The highest BCUT2D eigenvalue weighted by Crippen LogP contribution is 2.38. The number of hydrogen-bond acceptors (Lipinski definition) is 6. The molecular formula is C15H20N4O4. The lowest BCUT2D eigenvalue weighted by molar-refractivity contribution is -0.389. The van der Waals surface area contributed by atoms with Gasteiger partial charge in [-0.2, -0.15) is 0 Å². The Labute approximate surface area is 134 Å². The molecule has 0 aliphatic carbocycles. The van der Waals surface area contributed by atoms with Crippen LogP contribution >= 0.6 is 0 Å².